The van der Waals surface area contributed by atoms with E-state index in [4.69, 9.17) is 5.11 Å². The average molecular weight is 205 g/mol. The Morgan fingerprint density at radius 3 is 2.53 bits per heavy atom. The van der Waals surface area contributed by atoms with Gasteiger partial charge in [-0.15, -0.1) is 0 Å². The number of phenolic OH excluding ortho intramolecular Hbond substituents is 1. The summed E-state index contributed by atoms with van der Waals surface area (Å²) < 4.78 is 0. The molecule has 0 bridgehead atoms. The van der Waals surface area contributed by atoms with Crippen LogP contribution < -0.4 is 5.32 Å². The summed E-state index contributed by atoms with van der Waals surface area (Å²) in [6.45, 7) is 2.03. The summed E-state index contributed by atoms with van der Waals surface area (Å²) in [7, 11) is 0. The molecule has 0 heterocycles. The molecule has 2 N–H and O–H groups in total. The average Bonchev–Trinajstić information content (AvgIpc) is 2.18. The Balaban J connectivity index is 1.62. The summed E-state index contributed by atoms with van der Waals surface area (Å²) in [5, 5.41) is 12.6. The van der Waals surface area contributed by atoms with E-state index in [0.717, 1.165) is 19.0 Å². The molecule has 0 aromatic heterocycles. The highest BCUT2D eigenvalue weighted by Gasteiger charge is 2.15. The van der Waals surface area contributed by atoms with E-state index in [2.05, 4.69) is 5.32 Å². The largest absolute Gasteiger partial charge is 0.508 e. The SMILES string of the molecule is Oc1ccc(CNCCC2CCC2)cc1. The van der Waals surface area contributed by atoms with Gasteiger partial charge in [-0.25, -0.2) is 0 Å². The van der Waals surface area contributed by atoms with Gasteiger partial charge in [0, 0.05) is 6.54 Å². The zero-order chi connectivity index (χ0) is 10.5. The maximum atomic E-state index is 9.12. The highest BCUT2D eigenvalue weighted by Crippen LogP contribution is 2.28. The van der Waals surface area contributed by atoms with Crippen molar-refractivity contribution in [3.8, 4) is 5.75 Å². The lowest BCUT2D eigenvalue weighted by atomic mass is 9.83. The summed E-state index contributed by atoms with van der Waals surface area (Å²) in [6.07, 6.45) is 5.61. The fourth-order valence-electron chi connectivity index (χ4n) is 1.93. The van der Waals surface area contributed by atoms with Gasteiger partial charge in [-0.2, -0.15) is 0 Å². The first-order chi connectivity index (χ1) is 7.34. The summed E-state index contributed by atoms with van der Waals surface area (Å²) >= 11 is 0. The summed E-state index contributed by atoms with van der Waals surface area (Å²) in [4.78, 5) is 0. The molecule has 1 aromatic carbocycles. The predicted molar refractivity (Wildman–Crippen MR) is 61.8 cm³/mol. The standard InChI is InChI=1S/C13H19NO/c15-13-6-4-12(5-7-13)10-14-9-8-11-2-1-3-11/h4-7,11,14-15H,1-3,8-10H2. The first-order valence-electron chi connectivity index (χ1n) is 5.83. The van der Waals surface area contributed by atoms with E-state index < -0.39 is 0 Å². The van der Waals surface area contributed by atoms with E-state index in [9.17, 15) is 0 Å². The number of rotatable bonds is 5. The molecule has 1 aromatic rings. The third-order valence-electron chi connectivity index (χ3n) is 3.22. The van der Waals surface area contributed by atoms with Crippen LogP contribution in [0.5, 0.6) is 5.75 Å². The molecule has 0 spiro atoms. The molecule has 0 amide bonds. The van der Waals surface area contributed by atoms with Gasteiger partial charge < -0.3 is 10.4 Å². The van der Waals surface area contributed by atoms with Crippen LogP contribution in [0.4, 0.5) is 0 Å². The minimum atomic E-state index is 0.341. The molecule has 0 aliphatic heterocycles. The van der Waals surface area contributed by atoms with Crippen LogP contribution in [-0.4, -0.2) is 11.7 Å². The van der Waals surface area contributed by atoms with Gasteiger partial charge in [0.25, 0.3) is 0 Å². The van der Waals surface area contributed by atoms with Crippen LogP contribution in [0.2, 0.25) is 0 Å². The number of aromatic hydroxyl groups is 1. The van der Waals surface area contributed by atoms with E-state index in [1.165, 1.54) is 31.2 Å². The quantitative estimate of drug-likeness (QED) is 0.724. The van der Waals surface area contributed by atoms with Crippen LogP contribution in [-0.2, 0) is 6.54 Å². The van der Waals surface area contributed by atoms with Crippen molar-refractivity contribution in [2.24, 2.45) is 5.92 Å². The number of nitrogens with one attached hydrogen (secondary N) is 1. The Morgan fingerprint density at radius 1 is 1.20 bits per heavy atom. The molecular formula is C13H19NO. The van der Waals surface area contributed by atoms with Gasteiger partial charge in [-0.05, 0) is 36.6 Å². The van der Waals surface area contributed by atoms with Crippen molar-refractivity contribution >= 4 is 0 Å². The van der Waals surface area contributed by atoms with Crippen molar-refractivity contribution in [2.45, 2.75) is 32.2 Å². The van der Waals surface area contributed by atoms with Crippen molar-refractivity contribution in [1.29, 1.82) is 0 Å². The molecule has 0 atom stereocenters. The van der Waals surface area contributed by atoms with Gasteiger partial charge >= 0.3 is 0 Å². The smallest absolute Gasteiger partial charge is 0.115 e. The molecule has 2 heteroatoms. The molecular weight excluding hydrogens is 186 g/mol. The minimum Gasteiger partial charge on any atom is -0.508 e. The Bertz CT molecular complexity index is 290. The van der Waals surface area contributed by atoms with Crippen molar-refractivity contribution in [3.05, 3.63) is 29.8 Å². The highest BCUT2D eigenvalue weighted by molar-refractivity contribution is 5.25. The van der Waals surface area contributed by atoms with Crippen molar-refractivity contribution in [1.82, 2.24) is 5.32 Å². The zero-order valence-electron chi connectivity index (χ0n) is 9.08. The minimum absolute atomic E-state index is 0.341. The van der Waals surface area contributed by atoms with Crippen LogP contribution in [0.25, 0.3) is 0 Å². The number of benzene rings is 1. The molecule has 1 aliphatic rings. The van der Waals surface area contributed by atoms with E-state index in [1.54, 1.807) is 12.1 Å². The molecule has 2 rings (SSSR count). The van der Waals surface area contributed by atoms with E-state index in [-0.39, 0.29) is 0 Å². The van der Waals surface area contributed by atoms with Crippen molar-refractivity contribution in [2.75, 3.05) is 6.54 Å². The maximum Gasteiger partial charge on any atom is 0.115 e. The number of phenols is 1. The van der Waals surface area contributed by atoms with Gasteiger partial charge in [-0.3, -0.25) is 0 Å². The Kier molecular flexibility index (Phi) is 3.62. The lowest BCUT2D eigenvalue weighted by molar-refractivity contribution is 0.292. The van der Waals surface area contributed by atoms with Gasteiger partial charge in [0.15, 0.2) is 0 Å². The summed E-state index contributed by atoms with van der Waals surface area (Å²) in [5.41, 5.74) is 1.24. The normalized spacial score (nSPS) is 16.3. The molecule has 1 aliphatic carbocycles. The summed E-state index contributed by atoms with van der Waals surface area (Å²) in [6, 6.07) is 7.41. The van der Waals surface area contributed by atoms with Gasteiger partial charge in [0.1, 0.15) is 5.75 Å². The molecule has 0 saturated heterocycles. The van der Waals surface area contributed by atoms with Crippen molar-refractivity contribution < 1.29 is 5.11 Å². The molecule has 1 saturated carbocycles. The first-order valence-corrected chi connectivity index (χ1v) is 5.83. The lowest BCUT2D eigenvalue weighted by Gasteiger charge is -2.25. The third-order valence-corrected chi connectivity index (χ3v) is 3.22. The predicted octanol–water partition coefficient (Wildman–Crippen LogP) is 2.67. The Labute approximate surface area is 91.3 Å². The summed E-state index contributed by atoms with van der Waals surface area (Å²) in [5.74, 6) is 1.32. The highest BCUT2D eigenvalue weighted by atomic mass is 16.3. The topological polar surface area (TPSA) is 32.3 Å². The fraction of sp³-hybridized carbons (Fsp3) is 0.538. The second-order valence-electron chi connectivity index (χ2n) is 4.43. The maximum absolute atomic E-state index is 9.12. The van der Waals surface area contributed by atoms with Gasteiger partial charge in [0.2, 0.25) is 0 Å². The van der Waals surface area contributed by atoms with E-state index in [1.807, 2.05) is 12.1 Å². The fourth-order valence-corrected chi connectivity index (χ4v) is 1.93. The molecule has 0 radical (unpaired) electrons. The van der Waals surface area contributed by atoms with Crippen LogP contribution >= 0.6 is 0 Å². The lowest BCUT2D eigenvalue weighted by Crippen LogP contribution is -2.20. The Hall–Kier alpha value is -1.02. The molecule has 82 valence electrons. The van der Waals surface area contributed by atoms with Crippen LogP contribution in [0.1, 0.15) is 31.2 Å². The van der Waals surface area contributed by atoms with Crippen molar-refractivity contribution in [3.63, 3.8) is 0 Å². The van der Waals surface area contributed by atoms with Gasteiger partial charge in [-0.1, -0.05) is 31.4 Å². The molecule has 15 heavy (non-hydrogen) atoms. The van der Waals surface area contributed by atoms with E-state index >= 15 is 0 Å². The van der Waals surface area contributed by atoms with Crippen LogP contribution in [0.15, 0.2) is 24.3 Å². The van der Waals surface area contributed by atoms with E-state index in [0.29, 0.717) is 5.75 Å². The van der Waals surface area contributed by atoms with Crippen LogP contribution in [0, 0.1) is 5.92 Å². The monoisotopic (exact) mass is 205 g/mol. The van der Waals surface area contributed by atoms with Gasteiger partial charge in [0.05, 0.1) is 0 Å². The second kappa shape index (κ2) is 5.17. The molecule has 0 unspecified atom stereocenters. The molecule has 1 fully saturated rings. The first kappa shape index (κ1) is 10.5. The number of hydrogen-bond acceptors (Lipinski definition) is 2. The second-order valence-corrected chi connectivity index (χ2v) is 4.43. The third kappa shape index (κ3) is 3.24. The number of hydrogen-bond donors (Lipinski definition) is 2. The molecule has 2 nitrogen and oxygen atoms in total. The Morgan fingerprint density at radius 2 is 1.93 bits per heavy atom. The zero-order valence-corrected chi connectivity index (χ0v) is 9.08. The van der Waals surface area contributed by atoms with Crippen LogP contribution in [0.3, 0.4) is 0 Å².